The summed E-state index contributed by atoms with van der Waals surface area (Å²) in [6, 6.07) is 7.58. The Balaban J connectivity index is 1.90. The van der Waals surface area contributed by atoms with Gasteiger partial charge in [0.2, 0.25) is 5.91 Å². The summed E-state index contributed by atoms with van der Waals surface area (Å²) in [5, 5.41) is 12.4. The van der Waals surface area contributed by atoms with Gasteiger partial charge in [0.1, 0.15) is 12.6 Å². The van der Waals surface area contributed by atoms with Crippen molar-refractivity contribution >= 4 is 27.3 Å². The molecule has 2 N–H and O–H groups in total. The number of carbonyl (C=O) groups is 2. The van der Waals surface area contributed by atoms with E-state index in [1.54, 1.807) is 0 Å². The number of anilines is 1. The zero-order valence-electron chi connectivity index (χ0n) is 18.5. The predicted octanol–water partition coefficient (Wildman–Crippen LogP) is 2.53. The zero-order chi connectivity index (χ0) is 25.5. The fraction of sp³-hybridized carbons (Fsp3) is 0.364. The minimum Gasteiger partial charge on any atom is -0.376 e. The minimum atomic E-state index is -4.89. The normalized spacial score (nSPS) is 17.7. The number of nitrogens with one attached hydrogen (secondary N) is 1. The Bertz CT molecular complexity index is 1210. The van der Waals surface area contributed by atoms with Gasteiger partial charge in [0.15, 0.2) is 15.4 Å². The van der Waals surface area contributed by atoms with Gasteiger partial charge in [0.25, 0.3) is 5.91 Å². The highest BCUT2D eigenvalue weighted by Gasteiger charge is 2.51. The molecule has 2 unspecified atom stereocenters. The van der Waals surface area contributed by atoms with E-state index in [-0.39, 0.29) is 23.7 Å². The van der Waals surface area contributed by atoms with E-state index in [4.69, 9.17) is 4.74 Å². The highest BCUT2D eigenvalue weighted by Crippen LogP contribution is 2.39. The number of hydrogen-bond acceptors (Lipinski definition) is 6. The van der Waals surface area contributed by atoms with E-state index in [9.17, 15) is 36.3 Å². The Hall–Kier alpha value is -2.96. The Labute approximate surface area is 194 Å². The molecule has 0 fully saturated rings. The molecule has 12 heteroatoms. The van der Waals surface area contributed by atoms with Crippen molar-refractivity contribution in [1.29, 1.82) is 0 Å². The molecule has 8 nitrogen and oxygen atoms in total. The summed E-state index contributed by atoms with van der Waals surface area (Å²) in [4.78, 5) is 27.0. The maximum atomic E-state index is 13.1. The van der Waals surface area contributed by atoms with Crippen molar-refractivity contribution in [3.63, 3.8) is 0 Å². The van der Waals surface area contributed by atoms with Crippen LogP contribution in [0.15, 0.2) is 47.4 Å². The number of fused-ring (bicyclic) bond motifs is 1. The highest BCUT2D eigenvalue weighted by atomic mass is 32.2. The number of hydrogen-bond donors (Lipinski definition) is 2. The highest BCUT2D eigenvalue weighted by molar-refractivity contribution is 7.90. The molecule has 0 aliphatic carbocycles. The molecule has 34 heavy (non-hydrogen) atoms. The van der Waals surface area contributed by atoms with E-state index >= 15 is 0 Å². The minimum absolute atomic E-state index is 0.0215. The van der Waals surface area contributed by atoms with Crippen LogP contribution in [0.5, 0.6) is 0 Å². The van der Waals surface area contributed by atoms with Gasteiger partial charge in [0, 0.05) is 25.6 Å². The van der Waals surface area contributed by atoms with Crippen LogP contribution in [0.25, 0.3) is 0 Å². The SMILES string of the molecule is COCC(=O)N1Cc2cc(S(C)(=O)=O)ccc2C1C(=O)Nc1ccc(C(C)(O)C(F)(F)F)cc1. The van der Waals surface area contributed by atoms with E-state index in [1.165, 1.54) is 42.3 Å². The van der Waals surface area contributed by atoms with Gasteiger partial charge in [0.05, 0.1) is 4.90 Å². The molecule has 2 amide bonds. The second-order valence-electron chi connectivity index (χ2n) is 8.13. The number of benzene rings is 2. The van der Waals surface area contributed by atoms with E-state index in [0.717, 1.165) is 18.4 Å². The second kappa shape index (κ2) is 9.01. The van der Waals surface area contributed by atoms with Crippen LogP contribution in [0.4, 0.5) is 18.9 Å². The number of nitrogens with zero attached hydrogens (tertiary/aromatic N) is 1. The van der Waals surface area contributed by atoms with Gasteiger partial charge in [-0.15, -0.1) is 0 Å². The predicted molar refractivity (Wildman–Crippen MR) is 115 cm³/mol. The fourth-order valence-corrected chi connectivity index (χ4v) is 4.30. The number of methoxy groups -OCH3 is 1. The van der Waals surface area contributed by atoms with Gasteiger partial charge in [-0.25, -0.2) is 8.42 Å². The molecule has 0 spiro atoms. The van der Waals surface area contributed by atoms with Crippen LogP contribution in [0.1, 0.15) is 29.7 Å². The van der Waals surface area contributed by atoms with Crippen LogP contribution in [0.2, 0.25) is 0 Å². The number of sulfone groups is 1. The lowest BCUT2D eigenvalue weighted by molar-refractivity contribution is -0.258. The fourth-order valence-electron chi connectivity index (χ4n) is 3.63. The molecule has 184 valence electrons. The summed E-state index contributed by atoms with van der Waals surface area (Å²) in [6.45, 7) is 0.296. The van der Waals surface area contributed by atoms with E-state index < -0.39 is 45.0 Å². The third-order valence-corrected chi connectivity index (χ3v) is 6.70. The van der Waals surface area contributed by atoms with Crippen molar-refractivity contribution in [2.75, 3.05) is 25.3 Å². The molecule has 0 saturated heterocycles. The largest absolute Gasteiger partial charge is 0.421 e. The summed E-state index contributed by atoms with van der Waals surface area (Å²) >= 11 is 0. The van der Waals surface area contributed by atoms with Crippen LogP contribution in [-0.2, 0) is 36.3 Å². The maximum Gasteiger partial charge on any atom is 0.421 e. The van der Waals surface area contributed by atoms with Crippen molar-refractivity contribution in [3.8, 4) is 0 Å². The maximum absolute atomic E-state index is 13.1. The first kappa shape index (κ1) is 25.7. The number of halogens is 3. The quantitative estimate of drug-likeness (QED) is 0.631. The van der Waals surface area contributed by atoms with E-state index in [1.807, 2.05) is 0 Å². The number of amides is 2. The van der Waals surface area contributed by atoms with Crippen LogP contribution in [0, 0.1) is 0 Å². The molecular formula is C22H23F3N2O6S. The lowest BCUT2D eigenvalue weighted by atomic mass is 9.95. The van der Waals surface area contributed by atoms with Gasteiger partial charge >= 0.3 is 6.18 Å². The van der Waals surface area contributed by atoms with Crippen LogP contribution < -0.4 is 5.32 Å². The van der Waals surface area contributed by atoms with Crippen LogP contribution >= 0.6 is 0 Å². The number of rotatable bonds is 6. The summed E-state index contributed by atoms with van der Waals surface area (Å²) in [6.07, 6.45) is -3.85. The molecular weight excluding hydrogens is 477 g/mol. The Kier molecular flexibility index (Phi) is 6.80. The number of ether oxygens (including phenoxy) is 1. The van der Waals surface area contributed by atoms with Gasteiger partial charge in [-0.3, -0.25) is 9.59 Å². The summed E-state index contributed by atoms with van der Waals surface area (Å²) in [5.41, 5.74) is -2.43. The van der Waals surface area contributed by atoms with Gasteiger partial charge in [-0.1, -0.05) is 18.2 Å². The van der Waals surface area contributed by atoms with E-state index in [0.29, 0.717) is 18.1 Å². The van der Waals surface area contributed by atoms with Gasteiger partial charge < -0.3 is 20.1 Å². The lowest BCUT2D eigenvalue weighted by Gasteiger charge is -2.27. The standard InChI is InChI=1S/C22H23F3N2O6S/c1-21(30,22(23,24)25)14-4-6-15(7-5-14)26-20(29)19-17-9-8-16(34(3,31)32)10-13(17)11-27(19)18(28)12-33-2/h4-10,19,30H,11-12H2,1-3H3,(H,26,29). The van der Waals surface area contributed by atoms with Crippen LogP contribution in [-0.4, -0.2) is 56.4 Å². The van der Waals surface area contributed by atoms with Gasteiger partial charge in [-0.05, 0) is 47.9 Å². The molecule has 2 aromatic carbocycles. The Morgan fingerprint density at radius 3 is 2.32 bits per heavy atom. The second-order valence-corrected chi connectivity index (χ2v) is 10.1. The number of carbonyl (C=O) groups excluding carboxylic acids is 2. The van der Waals surface area contributed by atoms with E-state index in [2.05, 4.69) is 5.32 Å². The first-order valence-electron chi connectivity index (χ1n) is 9.98. The smallest absolute Gasteiger partial charge is 0.376 e. The lowest BCUT2D eigenvalue weighted by Crippen LogP contribution is -2.39. The van der Waals surface area contributed by atoms with Gasteiger partial charge in [-0.2, -0.15) is 13.2 Å². The first-order chi connectivity index (χ1) is 15.7. The van der Waals surface area contributed by atoms with Crippen molar-refractivity contribution in [3.05, 3.63) is 59.2 Å². The summed E-state index contributed by atoms with van der Waals surface area (Å²) < 4.78 is 67.8. The Morgan fingerprint density at radius 2 is 1.79 bits per heavy atom. The van der Waals surface area contributed by atoms with Crippen molar-refractivity contribution in [2.24, 2.45) is 0 Å². The molecule has 0 radical (unpaired) electrons. The van der Waals surface area contributed by atoms with Crippen molar-refractivity contribution in [1.82, 2.24) is 4.90 Å². The average molecular weight is 500 g/mol. The number of alkyl halides is 3. The molecule has 1 heterocycles. The Morgan fingerprint density at radius 1 is 1.18 bits per heavy atom. The third-order valence-electron chi connectivity index (χ3n) is 5.59. The van der Waals surface area contributed by atoms with Crippen LogP contribution in [0.3, 0.4) is 0 Å². The number of aliphatic hydroxyl groups is 1. The zero-order valence-corrected chi connectivity index (χ0v) is 19.3. The molecule has 2 atom stereocenters. The molecule has 0 saturated carbocycles. The average Bonchev–Trinajstić information content (AvgIpc) is 3.12. The molecule has 0 aromatic heterocycles. The first-order valence-corrected chi connectivity index (χ1v) is 11.9. The third kappa shape index (κ3) is 4.93. The monoisotopic (exact) mass is 500 g/mol. The topological polar surface area (TPSA) is 113 Å². The molecule has 2 aromatic rings. The molecule has 1 aliphatic heterocycles. The van der Waals surface area contributed by atoms with Crippen molar-refractivity contribution < 1.29 is 41.0 Å². The molecule has 3 rings (SSSR count). The summed E-state index contributed by atoms with van der Waals surface area (Å²) in [5.74, 6) is -1.15. The molecule has 0 bridgehead atoms. The molecule has 1 aliphatic rings. The van der Waals surface area contributed by atoms with Crippen molar-refractivity contribution in [2.45, 2.75) is 36.2 Å². The summed E-state index contributed by atoms with van der Waals surface area (Å²) in [7, 11) is -2.20.